The lowest BCUT2D eigenvalue weighted by Gasteiger charge is -2.09. The van der Waals surface area contributed by atoms with Gasteiger partial charge in [-0.25, -0.2) is 0 Å². The predicted octanol–water partition coefficient (Wildman–Crippen LogP) is 2.36. The van der Waals surface area contributed by atoms with Crippen molar-refractivity contribution in [1.82, 2.24) is 5.32 Å². The molecule has 0 saturated heterocycles. The van der Waals surface area contributed by atoms with Crippen LogP contribution in [0.2, 0.25) is 0 Å². The third-order valence-corrected chi connectivity index (χ3v) is 2.32. The normalized spacial score (nSPS) is 10.6. The van der Waals surface area contributed by atoms with Crippen LogP contribution in [0.5, 0.6) is 5.75 Å². The van der Waals surface area contributed by atoms with Crippen molar-refractivity contribution in [3.05, 3.63) is 29.8 Å². The fourth-order valence-corrected chi connectivity index (χ4v) is 1.49. The number of carbonyl (C=O) groups excluding carboxylic acids is 2. The van der Waals surface area contributed by atoms with Crippen molar-refractivity contribution in [3.8, 4) is 5.75 Å². The second-order valence-electron chi connectivity index (χ2n) is 4.45. The molecule has 1 rings (SSSR count). The molecule has 21 heavy (non-hydrogen) atoms. The summed E-state index contributed by atoms with van der Waals surface area (Å²) in [4.78, 5) is 23.0. The van der Waals surface area contributed by atoms with Crippen molar-refractivity contribution >= 4 is 11.9 Å². The van der Waals surface area contributed by atoms with Gasteiger partial charge in [-0.1, -0.05) is 0 Å². The monoisotopic (exact) mass is 301 g/mol. The minimum Gasteiger partial charge on any atom is -0.463 e. The fraction of sp³-hybridized carbons (Fsp3) is 0.429. The molecule has 7 heteroatoms. The van der Waals surface area contributed by atoms with Gasteiger partial charge in [-0.15, -0.1) is 0 Å². The summed E-state index contributed by atoms with van der Waals surface area (Å²) in [5.74, 6) is -0.830. The summed E-state index contributed by atoms with van der Waals surface area (Å²) in [6.45, 7) is 0.704. The molecule has 0 radical (unpaired) electrons. The van der Waals surface area contributed by atoms with Gasteiger partial charge in [0.05, 0.1) is 12.5 Å². The van der Waals surface area contributed by atoms with Gasteiger partial charge >= 0.3 is 12.6 Å². The van der Waals surface area contributed by atoms with Gasteiger partial charge in [-0.05, 0) is 38.1 Å². The highest BCUT2D eigenvalue weighted by molar-refractivity contribution is 5.94. The van der Waals surface area contributed by atoms with Gasteiger partial charge < -0.3 is 14.8 Å². The summed E-state index contributed by atoms with van der Waals surface area (Å²) in [5, 5.41) is 2.53. The maximum Gasteiger partial charge on any atom is 0.387 e. The Balaban J connectivity index is 2.40. The Hall–Kier alpha value is -2.18. The molecule has 0 saturated carbocycles. The summed E-state index contributed by atoms with van der Waals surface area (Å²) >= 11 is 0. The highest BCUT2D eigenvalue weighted by Gasteiger charge is 2.09. The summed E-state index contributed by atoms with van der Waals surface area (Å²) in [6.07, 6.45) is -0.133. The van der Waals surface area contributed by atoms with Gasteiger partial charge in [-0.2, -0.15) is 8.78 Å². The van der Waals surface area contributed by atoms with Crippen LogP contribution in [-0.4, -0.2) is 31.1 Å². The van der Waals surface area contributed by atoms with E-state index in [1.54, 1.807) is 13.8 Å². The molecule has 5 nitrogen and oxygen atoms in total. The molecule has 0 aliphatic carbocycles. The van der Waals surface area contributed by atoms with Gasteiger partial charge in [0, 0.05) is 12.1 Å². The van der Waals surface area contributed by atoms with Crippen LogP contribution in [0, 0.1) is 0 Å². The van der Waals surface area contributed by atoms with E-state index in [1.165, 1.54) is 24.3 Å². The molecule has 0 aromatic heterocycles. The number of halogens is 2. The van der Waals surface area contributed by atoms with Crippen molar-refractivity contribution in [3.63, 3.8) is 0 Å². The van der Waals surface area contributed by atoms with Crippen molar-refractivity contribution in [1.29, 1.82) is 0 Å². The molecule has 0 atom stereocenters. The molecule has 0 unspecified atom stereocenters. The number of hydrogen-bond acceptors (Lipinski definition) is 4. The van der Waals surface area contributed by atoms with Gasteiger partial charge in [0.25, 0.3) is 5.91 Å². The maximum absolute atomic E-state index is 12.0. The number of benzene rings is 1. The summed E-state index contributed by atoms with van der Waals surface area (Å²) in [7, 11) is 0. The first-order chi connectivity index (χ1) is 9.88. The Morgan fingerprint density at radius 1 is 1.19 bits per heavy atom. The second-order valence-corrected chi connectivity index (χ2v) is 4.45. The standard InChI is InChI=1S/C14H17F2NO4/c1-9(2)20-12(18)7-8-17-13(19)10-3-5-11(6-4-10)21-14(15)16/h3-6,9,14H,7-8H2,1-2H3,(H,17,19). The van der Waals surface area contributed by atoms with Gasteiger partial charge in [0.2, 0.25) is 0 Å². The Kier molecular flexibility index (Phi) is 6.58. The average Bonchev–Trinajstić information content (AvgIpc) is 2.37. The van der Waals surface area contributed by atoms with Gasteiger partial charge in [0.1, 0.15) is 5.75 Å². The van der Waals surface area contributed by atoms with E-state index in [0.29, 0.717) is 0 Å². The summed E-state index contributed by atoms with van der Waals surface area (Å²) in [6, 6.07) is 5.27. The zero-order valence-electron chi connectivity index (χ0n) is 11.8. The van der Waals surface area contributed by atoms with Crippen molar-refractivity contribution in [2.45, 2.75) is 33.0 Å². The molecular weight excluding hydrogens is 284 g/mol. The van der Waals surface area contributed by atoms with Crippen LogP contribution >= 0.6 is 0 Å². The summed E-state index contributed by atoms with van der Waals surface area (Å²) in [5.41, 5.74) is 0.286. The molecule has 1 N–H and O–H groups in total. The second kappa shape index (κ2) is 8.18. The number of amides is 1. The minimum absolute atomic E-state index is 0.0259. The van der Waals surface area contributed by atoms with Crippen LogP contribution in [-0.2, 0) is 9.53 Å². The lowest BCUT2D eigenvalue weighted by molar-refractivity contribution is -0.147. The molecule has 0 bridgehead atoms. The first-order valence-electron chi connectivity index (χ1n) is 6.41. The van der Waals surface area contributed by atoms with E-state index in [2.05, 4.69) is 10.1 Å². The largest absolute Gasteiger partial charge is 0.463 e. The molecule has 1 aromatic carbocycles. The van der Waals surface area contributed by atoms with E-state index in [4.69, 9.17) is 4.74 Å². The van der Waals surface area contributed by atoms with E-state index in [9.17, 15) is 18.4 Å². The molecule has 1 amide bonds. The number of ether oxygens (including phenoxy) is 2. The quantitative estimate of drug-likeness (QED) is 0.785. The SMILES string of the molecule is CC(C)OC(=O)CCNC(=O)c1ccc(OC(F)F)cc1. The lowest BCUT2D eigenvalue weighted by atomic mass is 10.2. The number of esters is 1. The first kappa shape index (κ1) is 16.9. The molecule has 0 heterocycles. The highest BCUT2D eigenvalue weighted by atomic mass is 19.3. The zero-order valence-corrected chi connectivity index (χ0v) is 11.8. The number of alkyl halides is 2. The Labute approximate surface area is 121 Å². The van der Waals surface area contributed by atoms with Crippen molar-refractivity contribution in [2.75, 3.05) is 6.54 Å². The third-order valence-electron chi connectivity index (χ3n) is 2.32. The van der Waals surface area contributed by atoms with Crippen molar-refractivity contribution < 1.29 is 27.8 Å². The average molecular weight is 301 g/mol. The van der Waals surface area contributed by atoms with Crippen LogP contribution in [0.3, 0.4) is 0 Å². The smallest absolute Gasteiger partial charge is 0.387 e. The van der Waals surface area contributed by atoms with E-state index >= 15 is 0 Å². The predicted molar refractivity (Wildman–Crippen MR) is 71.3 cm³/mol. The summed E-state index contributed by atoms with van der Waals surface area (Å²) < 4.78 is 33.0. The van der Waals surface area contributed by atoms with Crippen LogP contribution in [0.25, 0.3) is 0 Å². The van der Waals surface area contributed by atoms with Crippen molar-refractivity contribution in [2.24, 2.45) is 0 Å². The van der Waals surface area contributed by atoms with Crippen LogP contribution in [0.1, 0.15) is 30.6 Å². The Morgan fingerprint density at radius 2 is 1.81 bits per heavy atom. The molecular formula is C14H17F2NO4. The zero-order chi connectivity index (χ0) is 15.8. The molecule has 0 aliphatic rings. The van der Waals surface area contributed by atoms with E-state index < -0.39 is 18.5 Å². The molecule has 0 fully saturated rings. The lowest BCUT2D eigenvalue weighted by Crippen LogP contribution is -2.27. The molecule has 116 valence electrons. The van der Waals surface area contributed by atoms with Crippen LogP contribution < -0.4 is 10.1 Å². The maximum atomic E-state index is 12.0. The number of rotatable bonds is 7. The number of carbonyl (C=O) groups is 2. The molecule has 0 spiro atoms. The minimum atomic E-state index is -2.91. The molecule has 0 aliphatic heterocycles. The number of hydrogen-bond donors (Lipinski definition) is 1. The van der Waals surface area contributed by atoms with Gasteiger partial charge in [-0.3, -0.25) is 9.59 Å². The fourth-order valence-electron chi connectivity index (χ4n) is 1.49. The number of nitrogens with one attached hydrogen (secondary N) is 1. The Bertz CT molecular complexity index is 474. The van der Waals surface area contributed by atoms with Crippen LogP contribution in [0.4, 0.5) is 8.78 Å². The first-order valence-corrected chi connectivity index (χ1v) is 6.41. The highest BCUT2D eigenvalue weighted by Crippen LogP contribution is 2.14. The molecule has 1 aromatic rings. The van der Waals surface area contributed by atoms with Gasteiger partial charge in [0.15, 0.2) is 0 Å². The van der Waals surface area contributed by atoms with E-state index in [1.807, 2.05) is 0 Å². The van der Waals surface area contributed by atoms with E-state index in [0.717, 1.165) is 0 Å². The van der Waals surface area contributed by atoms with Crippen LogP contribution in [0.15, 0.2) is 24.3 Å². The van der Waals surface area contributed by atoms with E-state index in [-0.39, 0.29) is 30.4 Å². The third kappa shape index (κ3) is 6.69. The Morgan fingerprint density at radius 3 is 2.33 bits per heavy atom. The topological polar surface area (TPSA) is 64.6 Å².